The molecule has 2 N–H and O–H groups in total. The Morgan fingerprint density at radius 2 is 1.88 bits per heavy atom. The first kappa shape index (κ1) is 12.3. The van der Waals surface area contributed by atoms with Gasteiger partial charge in [-0.1, -0.05) is 28.1 Å². The Balaban J connectivity index is 2.39. The zero-order valence-corrected chi connectivity index (χ0v) is 11.6. The lowest BCUT2D eigenvalue weighted by molar-refractivity contribution is 0.953. The van der Waals surface area contributed by atoms with Crippen molar-refractivity contribution < 1.29 is 0 Å². The molecule has 0 aliphatic heterocycles. The van der Waals surface area contributed by atoms with Gasteiger partial charge in [0.15, 0.2) is 4.77 Å². The molecule has 0 atom stereocenters. The zero-order chi connectivity index (χ0) is 12.4. The van der Waals surface area contributed by atoms with E-state index >= 15 is 0 Å². The highest BCUT2D eigenvalue weighted by Crippen LogP contribution is 2.13. The summed E-state index contributed by atoms with van der Waals surface area (Å²) in [6.07, 6.45) is 0.673. The number of rotatable bonds is 2. The summed E-state index contributed by atoms with van der Waals surface area (Å²) in [5.41, 5.74) is 2.55. The van der Waals surface area contributed by atoms with Gasteiger partial charge in [0.1, 0.15) is 0 Å². The molecule has 2 rings (SSSR count). The minimum Gasteiger partial charge on any atom is -0.335 e. The molecule has 5 heteroatoms. The third kappa shape index (κ3) is 2.92. The van der Waals surface area contributed by atoms with E-state index in [2.05, 4.69) is 25.9 Å². The lowest BCUT2D eigenvalue weighted by Gasteiger charge is -2.05. The third-order valence-corrected chi connectivity index (χ3v) is 3.31. The fraction of sp³-hybridized carbons (Fsp3) is 0.167. The van der Waals surface area contributed by atoms with Crippen LogP contribution in [0.4, 0.5) is 0 Å². The van der Waals surface area contributed by atoms with Crippen LogP contribution in [-0.4, -0.2) is 9.97 Å². The molecular formula is C12H11BrN2OS. The molecular weight excluding hydrogens is 300 g/mol. The Kier molecular flexibility index (Phi) is 3.59. The summed E-state index contributed by atoms with van der Waals surface area (Å²) in [5.74, 6) is 0. The van der Waals surface area contributed by atoms with Gasteiger partial charge in [0.05, 0.1) is 0 Å². The molecule has 1 heterocycles. The van der Waals surface area contributed by atoms with Gasteiger partial charge in [-0.05, 0) is 36.8 Å². The van der Waals surface area contributed by atoms with Gasteiger partial charge in [0.25, 0.3) is 5.56 Å². The van der Waals surface area contributed by atoms with Gasteiger partial charge >= 0.3 is 0 Å². The second-order valence-electron chi connectivity index (χ2n) is 3.82. The predicted molar refractivity (Wildman–Crippen MR) is 73.9 cm³/mol. The molecule has 88 valence electrons. The topological polar surface area (TPSA) is 48.6 Å². The molecule has 1 aromatic heterocycles. The van der Waals surface area contributed by atoms with Crippen molar-refractivity contribution in [1.82, 2.24) is 9.97 Å². The largest absolute Gasteiger partial charge is 0.335 e. The van der Waals surface area contributed by atoms with E-state index in [-0.39, 0.29) is 5.56 Å². The summed E-state index contributed by atoms with van der Waals surface area (Å²) in [4.78, 5) is 17.2. The smallest absolute Gasteiger partial charge is 0.254 e. The van der Waals surface area contributed by atoms with Crippen LogP contribution in [0.2, 0.25) is 0 Å². The second kappa shape index (κ2) is 4.98. The molecule has 0 bridgehead atoms. The Hall–Kier alpha value is -1.20. The van der Waals surface area contributed by atoms with E-state index in [0.717, 1.165) is 15.7 Å². The Morgan fingerprint density at radius 3 is 2.53 bits per heavy atom. The van der Waals surface area contributed by atoms with Gasteiger partial charge in [-0.3, -0.25) is 9.78 Å². The quantitative estimate of drug-likeness (QED) is 0.837. The second-order valence-corrected chi connectivity index (χ2v) is 5.14. The zero-order valence-electron chi connectivity index (χ0n) is 9.21. The summed E-state index contributed by atoms with van der Waals surface area (Å²) in [7, 11) is 0. The van der Waals surface area contributed by atoms with Crippen LogP contribution >= 0.6 is 28.1 Å². The van der Waals surface area contributed by atoms with Crippen LogP contribution in [-0.2, 0) is 6.42 Å². The minimum absolute atomic E-state index is 0.124. The normalized spacial score (nSPS) is 10.5. The van der Waals surface area contributed by atoms with E-state index in [1.54, 1.807) is 6.92 Å². The van der Waals surface area contributed by atoms with E-state index in [4.69, 9.17) is 12.2 Å². The summed E-state index contributed by atoms with van der Waals surface area (Å²) in [6, 6.07) is 7.99. The van der Waals surface area contributed by atoms with Crippen LogP contribution < -0.4 is 5.56 Å². The molecule has 0 unspecified atom stereocenters. The molecule has 0 aliphatic carbocycles. The van der Waals surface area contributed by atoms with Gasteiger partial charge in [0, 0.05) is 22.2 Å². The summed E-state index contributed by atoms with van der Waals surface area (Å²) in [5, 5.41) is 0. The standard InChI is InChI=1S/C12H11BrN2OS/c1-7-10(14-12(17)15-11(7)16)6-8-2-4-9(13)5-3-8/h2-5H,6H2,1H3,(H2,14,15,16,17). The number of aromatic nitrogens is 2. The first-order valence-corrected chi connectivity index (χ1v) is 6.33. The van der Waals surface area contributed by atoms with Crippen LogP contribution in [0.25, 0.3) is 0 Å². The van der Waals surface area contributed by atoms with E-state index in [9.17, 15) is 4.79 Å². The number of aromatic amines is 2. The average Bonchev–Trinajstić information content (AvgIpc) is 2.28. The molecule has 0 aliphatic rings. The lowest BCUT2D eigenvalue weighted by atomic mass is 10.1. The van der Waals surface area contributed by atoms with Crippen molar-refractivity contribution in [3.8, 4) is 0 Å². The maximum atomic E-state index is 11.6. The van der Waals surface area contributed by atoms with Crippen molar-refractivity contribution in [3.63, 3.8) is 0 Å². The minimum atomic E-state index is -0.124. The summed E-state index contributed by atoms with van der Waals surface area (Å²) < 4.78 is 1.41. The van der Waals surface area contributed by atoms with E-state index in [1.807, 2.05) is 24.3 Å². The number of hydrogen-bond acceptors (Lipinski definition) is 2. The number of hydrogen-bond donors (Lipinski definition) is 2. The highest BCUT2D eigenvalue weighted by molar-refractivity contribution is 9.10. The molecule has 0 radical (unpaired) electrons. The number of benzene rings is 1. The fourth-order valence-electron chi connectivity index (χ4n) is 1.58. The van der Waals surface area contributed by atoms with E-state index in [1.165, 1.54) is 0 Å². The van der Waals surface area contributed by atoms with Crippen LogP contribution in [0.3, 0.4) is 0 Å². The summed E-state index contributed by atoms with van der Waals surface area (Å²) in [6.45, 7) is 1.79. The number of halogens is 1. The molecule has 0 saturated carbocycles. The molecule has 0 saturated heterocycles. The van der Waals surface area contributed by atoms with Crippen LogP contribution in [0.1, 0.15) is 16.8 Å². The molecule has 3 nitrogen and oxygen atoms in total. The van der Waals surface area contributed by atoms with E-state index < -0.39 is 0 Å². The molecule has 17 heavy (non-hydrogen) atoms. The number of nitrogens with one attached hydrogen (secondary N) is 2. The SMILES string of the molecule is Cc1c(Cc2ccc(Br)cc2)[nH]c(=S)[nH]c1=O. The highest BCUT2D eigenvalue weighted by Gasteiger charge is 2.04. The van der Waals surface area contributed by atoms with E-state index in [0.29, 0.717) is 16.8 Å². The van der Waals surface area contributed by atoms with Gasteiger partial charge < -0.3 is 4.98 Å². The third-order valence-electron chi connectivity index (χ3n) is 2.58. The maximum absolute atomic E-state index is 11.6. The highest BCUT2D eigenvalue weighted by atomic mass is 79.9. The van der Waals surface area contributed by atoms with Gasteiger partial charge in [-0.25, -0.2) is 0 Å². The van der Waals surface area contributed by atoms with Gasteiger partial charge in [0.2, 0.25) is 0 Å². The lowest BCUT2D eigenvalue weighted by Crippen LogP contribution is -2.15. The molecule has 1 aromatic carbocycles. The van der Waals surface area contributed by atoms with Crippen molar-refractivity contribution in [1.29, 1.82) is 0 Å². The van der Waals surface area contributed by atoms with Gasteiger partial charge in [-0.2, -0.15) is 0 Å². The van der Waals surface area contributed by atoms with Crippen molar-refractivity contribution in [2.45, 2.75) is 13.3 Å². The van der Waals surface area contributed by atoms with Crippen molar-refractivity contribution in [2.75, 3.05) is 0 Å². The molecule has 0 amide bonds. The predicted octanol–water partition coefficient (Wildman–Crippen LogP) is 3.09. The fourth-order valence-corrected chi connectivity index (χ4v) is 2.06. The molecule has 0 spiro atoms. The Morgan fingerprint density at radius 1 is 1.24 bits per heavy atom. The van der Waals surface area contributed by atoms with Crippen molar-refractivity contribution >= 4 is 28.1 Å². The van der Waals surface area contributed by atoms with Crippen LogP contribution in [0, 0.1) is 11.7 Å². The maximum Gasteiger partial charge on any atom is 0.254 e. The Bertz CT molecular complexity index is 643. The molecule has 2 aromatic rings. The van der Waals surface area contributed by atoms with Crippen LogP contribution in [0.5, 0.6) is 0 Å². The first-order valence-electron chi connectivity index (χ1n) is 5.13. The Labute approximate surface area is 112 Å². The van der Waals surface area contributed by atoms with Crippen molar-refractivity contribution in [3.05, 3.63) is 60.7 Å². The first-order chi connectivity index (χ1) is 8.06. The number of H-pyrrole nitrogens is 2. The summed E-state index contributed by atoms with van der Waals surface area (Å²) >= 11 is 8.35. The van der Waals surface area contributed by atoms with Crippen LogP contribution in [0.15, 0.2) is 33.5 Å². The molecule has 0 fully saturated rings. The average molecular weight is 311 g/mol. The van der Waals surface area contributed by atoms with Gasteiger partial charge in [-0.15, -0.1) is 0 Å². The monoisotopic (exact) mass is 310 g/mol. The van der Waals surface area contributed by atoms with Crippen molar-refractivity contribution in [2.24, 2.45) is 0 Å².